The number of ether oxygens (including phenoxy) is 1. The second-order valence-corrected chi connectivity index (χ2v) is 10.4. The quantitative estimate of drug-likeness (QED) is 0.692. The Labute approximate surface area is 214 Å². The fourth-order valence-electron chi connectivity index (χ4n) is 5.39. The molecule has 0 aromatic heterocycles. The van der Waals surface area contributed by atoms with Crippen LogP contribution in [0.2, 0.25) is 0 Å². The van der Waals surface area contributed by atoms with Gasteiger partial charge in [-0.3, -0.25) is 14.5 Å². The summed E-state index contributed by atoms with van der Waals surface area (Å²) in [5.74, 6) is -0.0482. The monoisotopic (exact) mass is 493 g/mol. The summed E-state index contributed by atoms with van der Waals surface area (Å²) in [7, 11) is 3.85. The number of carbonyl (C=O) groups is 2. The average molecular weight is 494 g/mol. The van der Waals surface area contributed by atoms with Crippen LogP contribution < -0.4 is 0 Å². The van der Waals surface area contributed by atoms with E-state index in [0.717, 1.165) is 36.1 Å². The van der Waals surface area contributed by atoms with Crippen molar-refractivity contribution in [2.75, 3.05) is 40.3 Å². The zero-order valence-corrected chi connectivity index (χ0v) is 21.9. The van der Waals surface area contributed by atoms with Gasteiger partial charge in [-0.15, -0.1) is 0 Å². The molecule has 4 atom stereocenters. The Bertz CT molecular complexity index is 1070. The highest BCUT2D eigenvalue weighted by atomic mass is 16.5. The van der Waals surface area contributed by atoms with E-state index in [-0.39, 0.29) is 42.5 Å². The minimum atomic E-state index is -0.351. The summed E-state index contributed by atoms with van der Waals surface area (Å²) in [4.78, 5) is 32.8. The average Bonchev–Trinajstić information content (AvgIpc) is 3.33. The van der Waals surface area contributed by atoms with Crippen LogP contribution in [0.5, 0.6) is 0 Å². The van der Waals surface area contributed by atoms with Gasteiger partial charge in [-0.25, -0.2) is 0 Å². The van der Waals surface area contributed by atoms with E-state index in [1.807, 2.05) is 69.6 Å². The van der Waals surface area contributed by atoms with E-state index in [4.69, 9.17) is 4.74 Å². The minimum Gasteiger partial charge on any atom is -0.394 e. The Morgan fingerprint density at radius 2 is 1.81 bits per heavy atom. The lowest BCUT2D eigenvalue weighted by Gasteiger charge is -2.35. The van der Waals surface area contributed by atoms with Gasteiger partial charge in [-0.2, -0.15) is 0 Å². The third kappa shape index (κ3) is 5.48. The van der Waals surface area contributed by atoms with Crippen molar-refractivity contribution in [3.05, 3.63) is 59.7 Å². The smallest absolute Gasteiger partial charge is 0.254 e. The highest BCUT2D eigenvalue weighted by molar-refractivity contribution is 6.01. The molecule has 2 heterocycles. The molecular weight excluding hydrogens is 454 g/mol. The lowest BCUT2D eigenvalue weighted by molar-refractivity contribution is -0.137. The predicted octanol–water partition coefficient (Wildman–Crippen LogP) is 3.26. The van der Waals surface area contributed by atoms with Gasteiger partial charge in [0.2, 0.25) is 5.91 Å². The Morgan fingerprint density at radius 1 is 1.14 bits per heavy atom. The third-order valence-corrected chi connectivity index (χ3v) is 7.73. The molecule has 2 aliphatic rings. The fraction of sp³-hybridized carbons (Fsp3) is 0.517. The number of benzene rings is 2. The van der Waals surface area contributed by atoms with Gasteiger partial charge in [0.15, 0.2) is 0 Å². The molecule has 2 aromatic carbocycles. The molecule has 1 N–H and O–H groups in total. The predicted molar refractivity (Wildman–Crippen MR) is 140 cm³/mol. The molecule has 4 rings (SSSR count). The van der Waals surface area contributed by atoms with Crippen LogP contribution >= 0.6 is 0 Å². The first-order valence-corrected chi connectivity index (χ1v) is 13.0. The SMILES string of the molecule is C[C@H]1CN([C@@H](C)CO)C(=O)c2ccccc2-c2ccccc2CO[C@H]1CN(C)C(=O)[C@H]1CCCN1C. The zero-order valence-electron chi connectivity index (χ0n) is 21.9. The van der Waals surface area contributed by atoms with Crippen LogP contribution in [0.25, 0.3) is 11.1 Å². The molecular formula is C29H39N3O4. The molecule has 0 radical (unpaired) electrons. The third-order valence-electron chi connectivity index (χ3n) is 7.73. The number of nitrogens with zero attached hydrogens (tertiary/aromatic N) is 3. The van der Waals surface area contributed by atoms with Crippen molar-refractivity contribution in [3.8, 4) is 11.1 Å². The van der Waals surface area contributed by atoms with Gasteiger partial charge in [0, 0.05) is 31.6 Å². The van der Waals surface area contributed by atoms with Gasteiger partial charge >= 0.3 is 0 Å². The first-order valence-electron chi connectivity index (χ1n) is 13.0. The van der Waals surface area contributed by atoms with Gasteiger partial charge in [0.1, 0.15) is 0 Å². The second-order valence-electron chi connectivity index (χ2n) is 10.4. The van der Waals surface area contributed by atoms with Crippen LogP contribution in [0.3, 0.4) is 0 Å². The maximum absolute atomic E-state index is 13.9. The maximum atomic E-state index is 13.9. The summed E-state index contributed by atoms with van der Waals surface area (Å²) in [6.45, 7) is 5.97. The van der Waals surface area contributed by atoms with Gasteiger partial charge in [-0.05, 0) is 56.1 Å². The first kappa shape index (κ1) is 26.3. The number of aliphatic hydroxyl groups excluding tert-OH is 1. The van der Waals surface area contributed by atoms with E-state index in [1.165, 1.54) is 0 Å². The first-order chi connectivity index (χ1) is 17.3. The van der Waals surface area contributed by atoms with Gasteiger partial charge in [-0.1, -0.05) is 49.4 Å². The number of rotatable bonds is 5. The van der Waals surface area contributed by atoms with Crippen LogP contribution in [0.15, 0.2) is 48.5 Å². The van der Waals surface area contributed by atoms with E-state index in [9.17, 15) is 14.7 Å². The number of hydrogen-bond donors (Lipinski definition) is 1. The number of hydrogen-bond acceptors (Lipinski definition) is 5. The lowest BCUT2D eigenvalue weighted by atomic mass is 9.94. The van der Waals surface area contributed by atoms with Crippen molar-refractivity contribution >= 4 is 11.8 Å². The van der Waals surface area contributed by atoms with Crippen molar-refractivity contribution < 1.29 is 19.4 Å². The fourth-order valence-corrected chi connectivity index (χ4v) is 5.39. The number of fused-ring (bicyclic) bond motifs is 3. The summed E-state index contributed by atoms with van der Waals surface area (Å²) in [5.41, 5.74) is 3.44. The Hall–Kier alpha value is -2.74. The number of amides is 2. The highest BCUT2D eigenvalue weighted by Crippen LogP contribution is 2.31. The summed E-state index contributed by atoms with van der Waals surface area (Å²) in [6.07, 6.45) is 1.63. The van der Waals surface area contributed by atoms with E-state index < -0.39 is 0 Å². The molecule has 2 aliphatic heterocycles. The van der Waals surface area contributed by atoms with Gasteiger partial charge in [0.05, 0.1) is 31.4 Å². The molecule has 0 saturated carbocycles. The summed E-state index contributed by atoms with van der Waals surface area (Å²) < 4.78 is 6.53. The van der Waals surface area contributed by atoms with Crippen molar-refractivity contribution in [1.82, 2.24) is 14.7 Å². The van der Waals surface area contributed by atoms with Crippen molar-refractivity contribution in [2.24, 2.45) is 5.92 Å². The van der Waals surface area contributed by atoms with E-state index in [2.05, 4.69) is 11.8 Å². The number of aliphatic hydroxyl groups is 1. The van der Waals surface area contributed by atoms with E-state index >= 15 is 0 Å². The number of likely N-dealkylation sites (tertiary alicyclic amines) is 1. The molecule has 7 heteroatoms. The zero-order chi connectivity index (χ0) is 25.8. The van der Waals surface area contributed by atoms with Crippen molar-refractivity contribution in [1.29, 1.82) is 0 Å². The van der Waals surface area contributed by atoms with Crippen LogP contribution in [0.4, 0.5) is 0 Å². The summed E-state index contributed by atoms with van der Waals surface area (Å²) in [5, 5.41) is 9.99. The number of likely N-dealkylation sites (N-methyl/N-ethyl adjacent to an activating group) is 2. The molecule has 0 spiro atoms. The molecule has 0 unspecified atom stereocenters. The summed E-state index contributed by atoms with van der Waals surface area (Å²) in [6, 6.07) is 15.2. The standard InChI is InChI=1S/C29H39N3O4/c1-20-16-32(21(2)18-33)28(34)25-13-8-7-12-24(25)23-11-6-5-10-22(23)19-36-27(20)17-31(4)29(35)26-14-9-15-30(26)3/h5-8,10-13,20-21,26-27,33H,9,14-19H2,1-4H3/t20-,21-,26+,27-/m0/s1. The molecule has 36 heavy (non-hydrogen) atoms. The molecule has 194 valence electrons. The molecule has 0 bridgehead atoms. The highest BCUT2D eigenvalue weighted by Gasteiger charge is 2.34. The number of carbonyl (C=O) groups excluding carboxylic acids is 2. The topological polar surface area (TPSA) is 73.3 Å². The van der Waals surface area contributed by atoms with Crippen molar-refractivity contribution in [2.45, 2.75) is 51.5 Å². The molecule has 2 amide bonds. The normalized spacial score (nSPS) is 24.0. The molecule has 7 nitrogen and oxygen atoms in total. The molecule has 2 aromatic rings. The minimum absolute atomic E-state index is 0.0584. The molecule has 1 saturated heterocycles. The Kier molecular flexibility index (Phi) is 8.44. The van der Waals surface area contributed by atoms with Crippen LogP contribution in [-0.4, -0.2) is 90.1 Å². The Morgan fingerprint density at radius 3 is 2.47 bits per heavy atom. The summed E-state index contributed by atoms with van der Waals surface area (Å²) >= 11 is 0. The second kappa shape index (κ2) is 11.5. The Balaban J connectivity index is 1.68. The lowest BCUT2D eigenvalue weighted by Crippen LogP contribution is -2.49. The van der Waals surface area contributed by atoms with Gasteiger partial charge in [0.25, 0.3) is 5.91 Å². The van der Waals surface area contributed by atoms with E-state index in [0.29, 0.717) is 25.3 Å². The van der Waals surface area contributed by atoms with Crippen LogP contribution in [-0.2, 0) is 16.1 Å². The maximum Gasteiger partial charge on any atom is 0.254 e. The van der Waals surface area contributed by atoms with Crippen LogP contribution in [0, 0.1) is 5.92 Å². The van der Waals surface area contributed by atoms with Gasteiger partial charge < -0.3 is 19.6 Å². The van der Waals surface area contributed by atoms with Crippen molar-refractivity contribution in [3.63, 3.8) is 0 Å². The molecule has 1 fully saturated rings. The largest absolute Gasteiger partial charge is 0.394 e. The van der Waals surface area contributed by atoms with Crippen LogP contribution in [0.1, 0.15) is 42.6 Å². The molecule has 0 aliphatic carbocycles. The van der Waals surface area contributed by atoms with E-state index in [1.54, 1.807) is 9.80 Å².